The summed E-state index contributed by atoms with van der Waals surface area (Å²) in [6, 6.07) is 11.4. The number of benzene rings is 1. The van der Waals surface area contributed by atoms with E-state index in [2.05, 4.69) is 6.92 Å². The van der Waals surface area contributed by atoms with Gasteiger partial charge in [0.25, 0.3) is 0 Å². The summed E-state index contributed by atoms with van der Waals surface area (Å²) in [6.07, 6.45) is 1.48. The van der Waals surface area contributed by atoms with Crippen molar-refractivity contribution in [1.29, 1.82) is 0 Å². The monoisotopic (exact) mass is 290 g/mol. The highest BCUT2D eigenvalue weighted by Gasteiger charge is 2.21. The van der Waals surface area contributed by atoms with Crippen molar-refractivity contribution in [3.05, 3.63) is 52.2 Å². The van der Waals surface area contributed by atoms with Crippen LogP contribution in [0.5, 0.6) is 5.75 Å². The molecule has 1 aromatic carbocycles. The second kappa shape index (κ2) is 7.10. The summed E-state index contributed by atoms with van der Waals surface area (Å²) in [7, 11) is 0. The Morgan fingerprint density at radius 1 is 1.30 bits per heavy atom. The van der Waals surface area contributed by atoms with Gasteiger partial charge in [0.05, 0.1) is 12.5 Å². The van der Waals surface area contributed by atoms with Crippen molar-refractivity contribution in [3.63, 3.8) is 0 Å². The smallest absolute Gasteiger partial charge is 0.312 e. The van der Waals surface area contributed by atoms with Gasteiger partial charge in [-0.05, 0) is 42.0 Å². The fraction of sp³-hybridized carbons (Fsp3) is 0.312. The first-order valence-electron chi connectivity index (χ1n) is 6.68. The molecule has 0 amide bonds. The van der Waals surface area contributed by atoms with Crippen LogP contribution in [0.15, 0.2) is 41.8 Å². The van der Waals surface area contributed by atoms with Crippen LogP contribution in [0, 0.1) is 0 Å². The van der Waals surface area contributed by atoms with Gasteiger partial charge < -0.3 is 9.84 Å². The lowest BCUT2D eigenvalue weighted by Gasteiger charge is -2.11. The molecule has 2 aromatic rings. The summed E-state index contributed by atoms with van der Waals surface area (Å²) in [6.45, 7) is 2.76. The van der Waals surface area contributed by atoms with Crippen molar-refractivity contribution in [2.24, 2.45) is 0 Å². The number of aliphatic carboxylic acids is 1. The van der Waals surface area contributed by atoms with E-state index in [-0.39, 0.29) is 0 Å². The van der Waals surface area contributed by atoms with Crippen molar-refractivity contribution in [2.45, 2.75) is 25.7 Å². The lowest BCUT2D eigenvalue weighted by molar-refractivity contribution is -0.138. The number of carbonyl (C=O) groups is 1. The molecule has 0 aliphatic heterocycles. The zero-order valence-electron chi connectivity index (χ0n) is 11.4. The molecular weight excluding hydrogens is 272 g/mol. The van der Waals surface area contributed by atoms with E-state index in [0.717, 1.165) is 22.6 Å². The molecule has 106 valence electrons. The van der Waals surface area contributed by atoms with E-state index in [0.29, 0.717) is 13.0 Å². The maximum absolute atomic E-state index is 11.4. The quantitative estimate of drug-likeness (QED) is 0.840. The van der Waals surface area contributed by atoms with Gasteiger partial charge >= 0.3 is 5.97 Å². The van der Waals surface area contributed by atoms with Crippen LogP contribution in [0.2, 0.25) is 0 Å². The van der Waals surface area contributed by atoms with Gasteiger partial charge in [-0.25, -0.2) is 0 Å². The summed E-state index contributed by atoms with van der Waals surface area (Å²) in [5, 5.41) is 11.3. The summed E-state index contributed by atoms with van der Waals surface area (Å²) in [5.41, 5.74) is 1.01. The number of thiophene rings is 1. The minimum absolute atomic E-state index is 0.475. The molecule has 0 aliphatic carbocycles. The van der Waals surface area contributed by atoms with Gasteiger partial charge in [-0.3, -0.25) is 4.79 Å². The van der Waals surface area contributed by atoms with E-state index < -0.39 is 11.9 Å². The molecule has 4 heteroatoms. The maximum Gasteiger partial charge on any atom is 0.312 e. The van der Waals surface area contributed by atoms with Crippen LogP contribution >= 0.6 is 11.3 Å². The van der Waals surface area contributed by atoms with E-state index in [1.165, 1.54) is 11.3 Å². The minimum atomic E-state index is -0.779. The van der Waals surface area contributed by atoms with E-state index >= 15 is 0 Å². The first kappa shape index (κ1) is 14.6. The molecule has 0 fully saturated rings. The first-order chi connectivity index (χ1) is 9.70. The average molecular weight is 290 g/mol. The van der Waals surface area contributed by atoms with E-state index in [9.17, 15) is 9.90 Å². The van der Waals surface area contributed by atoms with Crippen LogP contribution in [-0.4, -0.2) is 17.7 Å². The third-order valence-corrected chi connectivity index (χ3v) is 4.01. The molecule has 3 nitrogen and oxygen atoms in total. The van der Waals surface area contributed by atoms with Crippen molar-refractivity contribution < 1.29 is 14.6 Å². The van der Waals surface area contributed by atoms with Crippen molar-refractivity contribution >= 4 is 17.3 Å². The lowest BCUT2D eigenvalue weighted by Crippen LogP contribution is -2.13. The molecule has 0 saturated carbocycles. The Balaban J connectivity index is 2.06. The predicted octanol–water partition coefficient (Wildman–Crippen LogP) is 3.95. The summed E-state index contributed by atoms with van der Waals surface area (Å²) in [5.74, 6) is -0.422. The zero-order chi connectivity index (χ0) is 14.4. The van der Waals surface area contributed by atoms with Gasteiger partial charge in [-0.15, -0.1) is 11.3 Å². The minimum Gasteiger partial charge on any atom is -0.494 e. The molecule has 0 aliphatic rings. The standard InChI is InChI=1S/C16H18O3S/c1-2-9-19-13-7-5-12(6-8-13)11-14(16(17)18)15-4-3-10-20-15/h3-8,10,14H,2,9,11H2,1H3,(H,17,18). The number of hydrogen-bond donors (Lipinski definition) is 1. The number of carboxylic acid groups (broad SMARTS) is 1. The molecule has 2 rings (SSSR count). The highest BCUT2D eigenvalue weighted by molar-refractivity contribution is 7.10. The lowest BCUT2D eigenvalue weighted by atomic mass is 9.98. The van der Waals surface area contributed by atoms with Gasteiger partial charge in [0.2, 0.25) is 0 Å². The zero-order valence-corrected chi connectivity index (χ0v) is 12.2. The van der Waals surface area contributed by atoms with E-state index in [1.807, 2.05) is 41.8 Å². The number of carboxylic acids is 1. The van der Waals surface area contributed by atoms with Gasteiger partial charge in [0.15, 0.2) is 0 Å². The van der Waals surface area contributed by atoms with Crippen LogP contribution in [0.1, 0.15) is 29.7 Å². The second-order valence-electron chi connectivity index (χ2n) is 4.60. The van der Waals surface area contributed by atoms with Gasteiger partial charge in [0, 0.05) is 4.88 Å². The van der Waals surface area contributed by atoms with Gasteiger partial charge in [0.1, 0.15) is 5.75 Å². The Morgan fingerprint density at radius 3 is 2.60 bits per heavy atom. The van der Waals surface area contributed by atoms with E-state index in [4.69, 9.17) is 4.74 Å². The largest absolute Gasteiger partial charge is 0.494 e. The van der Waals surface area contributed by atoms with Crippen LogP contribution in [0.4, 0.5) is 0 Å². The maximum atomic E-state index is 11.4. The third-order valence-electron chi connectivity index (χ3n) is 3.02. The Labute approximate surface area is 122 Å². The average Bonchev–Trinajstić information content (AvgIpc) is 2.97. The van der Waals surface area contributed by atoms with Crippen molar-refractivity contribution in [2.75, 3.05) is 6.61 Å². The Kier molecular flexibility index (Phi) is 5.18. The summed E-state index contributed by atoms with van der Waals surface area (Å²) < 4.78 is 5.52. The molecule has 1 atom stereocenters. The fourth-order valence-corrected chi connectivity index (χ4v) is 2.80. The highest BCUT2D eigenvalue weighted by Crippen LogP contribution is 2.26. The summed E-state index contributed by atoms with van der Waals surface area (Å²) in [4.78, 5) is 12.3. The molecule has 1 heterocycles. The number of ether oxygens (including phenoxy) is 1. The van der Waals surface area contributed by atoms with Crippen LogP contribution in [0.3, 0.4) is 0 Å². The molecule has 1 unspecified atom stereocenters. The summed E-state index contributed by atoms with van der Waals surface area (Å²) >= 11 is 1.49. The topological polar surface area (TPSA) is 46.5 Å². The molecule has 0 bridgehead atoms. The van der Waals surface area contributed by atoms with Crippen LogP contribution in [-0.2, 0) is 11.2 Å². The first-order valence-corrected chi connectivity index (χ1v) is 7.56. The molecule has 0 saturated heterocycles. The molecule has 0 spiro atoms. The fourth-order valence-electron chi connectivity index (χ4n) is 1.98. The Hall–Kier alpha value is -1.81. The second-order valence-corrected chi connectivity index (χ2v) is 5.58. The normalized spacial score (nSPS) is 12.1. The van der Waals surface area contributed by atoms with Crippen LogP contribution < -0.4 is 4.74 Å². The van der Waals surface area contributed by atoms with Gasteiger partial charge in [-0.2, -0.15) is 0 Å². The third kappa shape index (κ3) is 3.84. The highest BCUT2D eigenvalue weighted by atomic mass is 32.1. The molecule has 1 N–H and O–H groups in total. The predicted molar refractivity (Wildman–Crippen MR) is 80.6 cm³/mol. The van der Waals surface area contributed by atoms with E-state index in [1.54, 1.807) is 0 Å². The van der Waals surface area contributed by atoms with Crippen molar-refractivity contribution in [1.82, 2.24) is 0 Å². The SMILES string of the molecule is CCCOc1ccc(CC(C(=O)O)c2cccs2)cc1. The Bertz CT molecular complexity index is 531. The molecule has 0 radical (unpaired) electrons. The van der Waals surface area contributed by atoms with Gasteiger partial charge in [-0.1, -0.05) is 25.1 Å². The molecule has 1 aromatic heterocycles. The van der Waals surface area contributed by atoms with Crippen LogP contribution in [0.25, 0.3) is 0 Å². The molecular formula is C16H18O3S. The Morgan fingerprint density at radius 2 is 2.05 bits per heavy atom. The van der Waals surface area contributed by atoms with Crippen molar-refractivity contribution in [3.8, 4) is 5.75 Å². The molecule has 20 heavy (non-hydrogen) atoms. The number of hydrogen-bond acceptors (Lipinski definition) is 3. The number of rotatable bonds is 7.